The molecule has 0 radical (unpaired) electrons. The van der Waals surface area contributed by atoms with E-state index >= 15 is 0 Å². The van der Waals surface area contributed by atoms with Crippen molar-refractivity contribution in [3.63, 3.8) is 0 Å². The summed E-state index contributed by atoms with van der Waals surface area (Å²) in [5.74, 6) is -2.41. The summed E-state index contributed by atoms with van der Waals surface area (Å²) in [5, 5.41) is 5.88. The van der Waals surface area contributed by atoms with E-state index in [1.165, 1.54) is 18.3 Å². The molecule has 0 amide bonds. The number of nitrogens with two attached hydrogens (primary N) is 1. The number of rotatable bonds is 29. The molecule has 0 spiro atoms. The number of carbonyl (C=O) groups excluding carboxylic acids is 6. The van der Waals surface area contributed by atoms with Gasteiger partial charge in [0.15, 0.2) is 12.3 Å². The summed E-state index contributed by atoms with van der Waals surface area (Å²) >= 11 is 0. The quantitative estimate of drug-likeness (QED) is 0.0229. The molecule has 1 atom stereocenters. The highest BCUT2D eigenvalue weighted by Crippen LogP contribution is 2.29. The van der Waals surface area contributed by atoms with Crippen LogP contribution in [0.5, 0.6) is 17.2 Å². The summed E-state index contributed by atoms with van der Waals surface area (Å²) in [6.07, 6.45) is 5.33. The number of esters is 6. The van der Waals surface area contributed by atoms with Crippen molar-refractivity contribution in [2.45, 2.75) is 77.1 Å². The highest BCUT2D eigenvalue weighted by atomic mass is 16.6. The monoisotopic (exact) mass is 900 g/mol. The van der Waals surface area contributed by atoms with E-state index < -0.39 is 53.1 Å². The first-order valence-corrected chi connectivity index (χ1v) is 20.8. The van der Waals surface area contributed by atoms with Gasteiger partial charge in [-0.2, -0.15) is 0 Å². The van der Waals surface area contributed by atoms with Gasteiger partial charge in [-0.25, -0.2) is 24.0 Å². The molecule has 0 saturated carbocycles. The van der Waals surface area contributed by atoms with Crippen molar-refractivity contribution >= 4 is 42.0 Å². The van der Waals surface area contributed by atoms with Crippen molar-refractivity contribution in [2.24, 2.45) is 0 Å². The van der Waals surface area contributed by atoms with Gasteiger partial charge in [-0.05, 0) is 107 Å². The number of benzene rings is 3. The first-order valence-electron chi connectivity index (χ1n) is 20.8. The van der Waals surface area contributed by atoms with Crippen LogP contribution < -0.4 is 19.6 Å². The zero-order valence-corrected chi connectivity index (χ0v) is 37.3. The van der Waals surface area contributed by atoms with Gasteiger partial charge >= 0.3 is 35.8 Å². The van der Waals surface area contributed by atoms with E-state index in [0.717, 1.165) is 23.8 Å². The van der Waals surface area contributed by atoms with Gasteiger partial charge in [0.25, 0.3) is 0 Å². The molecule has 1 unspecified atom stereocenters. The largest absolute Gasteiger partial charge is 0.490 e. The zero-order valence-electron chi connectivity index (χ0n) is 37.3. The van der Waals surface area contributed by atoms with Crippen LogP contribution in [0, 0.1) is 0 Å². The van der Waals surface area contributed by atoms with Gasteiger partial charge < -0.3 is 42.6 Å². The van der Waals surface area contributed by atoms with Crippen LogP contribution in [0.3, 0.4) is 0 Å². The molecule has 0 aliphatic heterocycles. The van der Waals surface area contributed by atoms with Crippen LogP contribution in [0.1, 0.15) is 85.2 Å². The van der Waals surface area contributed by atoms with E-state index in [9.17, 15) is 28.8 Å². The van der Waals surface area contributed by atoms with E-state index in [4.69, 9.17) is 48.0 Å². The van der Waals surface area contributed by atoms with Gasteiger partial charge in [0.1, 0.15) is 41.7 Å². The minimum absolute atomic E-state index is 0.00991. The second-order valence-electron chi connectivity index (χ2n) is 15.5. The SMILES string of the molecule is C=CC(=O)OCCCCOCC(COc1ccc(C(=O)Oc2ccc(CCOC(=O)c3ccc(OC(C)(C)CC(C)(C)OC(=O)C=C)cc3)cc2C=[NH2+])cc1)OC(=O)CCOC(=O)C=C. The molecule has 0 heterocycles. The molecule has 3 aromatic carbocycles. The molecule has 16 heteroatoms. The molecule has 65 heavy (non-hydrogen) atoms. The minimum Gasteiger partial charge on any atom is -0.490 e. The molecule has 16 nitrogen and oxygen atoms in total. The lowest BCUT2D eigenvalue weighted by atomic mass is 9.92. The highest BCUT2D eigenvalue weighted by Gasteiger charge is 2.33. The van der Waals surface area contributed by atoms with E-state index in [1.807, 2.05) is 13.8 Å². The summed E-state index contributed by atoms with van der Waals surface area (Å²) in [5.41, 5.74) is 0.279. The molecule has 0 aliphatic rings. The summed E-state index contributed by atoms with van der Waals surface area (Å²) in [4.78, 5) is 72.5. The molecule has 0 aromatic heterocycles. The van der Waals surface area contributed by atoms with Crippen molar-refractivity contribution in [1.29, 1.82) is 0 Å². The lowest BCUT2D eigenvalue weighted by Gasteiger charge is -2.34. The molecular formula is C49H58NO15+. The molecule has 0 fully saturated rings. The third-order valence-corrected chi connectivity index (χ3v) is 8.90. The summed E-state index contributed by atoms with van der Waals surface area (Å²) in [6.45, 7) is 17.7. The molecule has 0 bridgehead atoms. The number of hydrogen-bond donors (Lipinski definition) is 1. The Bertz CT molecular complexity index is 2120. The maximum Gasteiger partial charge on any atom is 0.343 e. The number of hydrogen-bond acceptors (Lipinski definition) is 15. The third-order valence-electron chi connectivity index (χ3n) is 8.90. The fourth-order valence-corrected chi connectivity index (χ4v) is 6.15. The Kier molecular flexibility index (Phi) is 21.3. The number of carbonyl (C=O) groups is 6. The lowest BCUT2D eigenvalue weighted by molar-refractivity contribution is -0.156. The predicted octanol–water partition coefficient (Wildman–Crippen LogP) is 5.47. The summed E-state index contributed by atoms with van der Waals surface area (Å²) in [7, 11) is 0. The van der Waals surface area contributed by atoms with Gasteiger partial charge in [0.05, 0.1) is 42.9 Å². The lowest BCUT2D eigenvalue weighted by Crippen LogP contribution is -2.40. The fraction of sp³-hybridized carbons (Fsp3) is 0.367. The van der Waals surface area contributed by atoms with Crippen LogP contribution in [0.4, 0.5) is 0 Å². The van der Waals surface area contributed by atoms with E-state index in [0.29, 0.717) is 54.9 Å². The topological polar surface area (TPSA) is 211 Å². The van der Waals surface area contributed by atoms with E-state index in [1.54, 1.807) is 68.4 Å². The van der Waals surface area contributed by atoms with Gasteiger partial charge in [0.2, 0.25) is 0 Å². The molecule has 0 aliphatic carbocycles. The van der Waals surface area contributed by atoms with Crippen molar-refractivity contribution in [1.82, 2.24) is 0 Å². The second kappa shape index (κ2) is 26.5. The van der Waals surface area contributed by atoms with Gasteiger partial charge in [-0.1, -0.05) is 25.8 Å². The predicted molar refractivity (Wildman–Crippen MR) is 237 cm³/mol. The Morgan fingerprint density at radius 3 is 1.89 bits per heavy atom. The highest BCUT2D eigenvalue weighted by molar-refractivity contribution is 5.93. The van der Waals surface area contributed by atoms with Crippen LogP contribution in [-0.4, -0.2) is 99.0 Å². The number of unbranched alkanes of at least 4 members (excludes halogenated alkanes) is 1. The minimum atomic E-state index is -0.831. The van der Waals surface area contributed by atoms with Crippen LogP contribution in [0.25, 0.3) is 0 Å². The Labute approximate surface area is 378 Å². The van der Waals surface area contributed by atoms with Crippen molar-refractivity contribution in [2.75, 3.05) is 39.6 Å². The summed E-state index contributed by atoms with van der Waals surface area (Å²) in [6, 6.07) is 17.7. The van der Waals surface area contributed by atoms with Crippen LogP contribution in [0.2, 0.25) is 0 Å². The molecule has 348 valence electrons. The molecular weight excluding hydrogens is 843 g/mol. The van der Waals surface area contributed by atoms with Gasteiger partial charge in [-0.15, -0.1) is 0 Å². The maximum absolute atomic E-state index is 13.1. The van der Waals surface area contributed by atoms with Crippen LogP contribution >= 0.6 is 0 Å². The molecule has 3 rings (SSSR count). The molecule has 0 saturated heterocycles. The number of ether oxygens (including phenoxy) is 9. The van der Waals surface area contributed by atoms with E-state index in [-0.39, 0.29) is 50.8 Å². The average molecular weight is 901 g/mol. The maximum atomic E-state index is 13.1. The van der Waals surface area contributed by atoms with Gasteiger partial charge in [0, 0.05) is 37.7 Å². The standard InChI is InChI=1S/C49H57NO15/c1-8-42(51)58-26-12-11-25-57-31-40(62-45(54)24-28-59-43(52)9-2)32-61-38-18-14-36(15-19-38)47(56)63-41-22-13-34(29-37(41)30-50)23-27-60-46(55)35-16-20-39(21-17-35)64-48(4,5)33-49(6,7)65-44(53)10-3/h8-10,13-22,29-30,40,50H,1-3,11-12,23-28,31-33H2,4-7H3/p+1. The normalized spacial score (nSPS) is 11.4. The fourth-order valence-electron chi connectivity index (χ4n) is 6.15. The van der Waals surface area contributed by atoms with Gasteiger partial charge in [-0.3, -0.25) is 10.2 Å². The Morgan fingerprint density at radius 1 is 0.662 bits per heavy atom. The van der Waals surface area contributed by atoms with Crippen molar-refractivity contribution in [3.8, 4) is 17.2 Å². The first-order chi connectivity index (χ1) is 31.0. The molecule has 2 N–H and O–H groups in total. The van der Waals surface area contributed by atoms with Crippen LogP contribution in [0.15, 0.2) is 105 Å². The van der Waals surface area contributed by atoms with E-state index in [2.05, 4.69) is 19.7 Å². The van der Waals surface area contributed by atoms with Crippen LogP contribution in [-0.2, 0) is 54.0 Å². The smallest absolute Gasteiger partial charge is 0.343 e. The second-order valence-corrected chi connectivity index (χ2v) is 15.5. The Balaban J connectivity index is 1.50. The third kappa shape index (κ3) is 19.9. The Morgan fingerprint density at radius 2 is 1.26 bits per heavy atom. The summed E-state index contributed by atoms with van der Waals surface area (Å²) < 4.78 is 49.5. The van der Waals surface area contributed by atoms with Crippen molar-refractivity contribution < 1.29 is 76.8 Å². The average Bonchev–Trinajstić information content (AvgIpc) is 3.27. The Hall–Kier alpha value is -7.07. The molecule has 3 aromatic rings. The van der Waals surface area contributed by atoms with Crippen molar-refractivity contribution in [3.05, 3.63) is 127 Å². The first kappa shape index (κ1) is 52.3. The zero-order chi connectivity index (χ0) is 47.8.